The molecule has 0 saturated carbocycles. The maximum atomic E-state index is 13.2. The van der Waals surface area contributed by atoms with Crippen LogP contribution in [0.3, 0.4) is 0 Å². The van der Waals surface area contributed by atoms with Gasteiger partial charge in [0.2, 0.25) is 0 Å². The van der Waals surface area contributed by atoms with Gasteiger partial charge in [0, 0.05) is 16.2 Å². The van der Waals surface area contributed by atoms with E-state index in [1.54, 1.807) is 17.8 Å². The van der Waals surface area contributed by atoms with Crippen LogP contribution >= 0.6 is 11.8 Å². The highest BCUT2D eigenvalue weighted by Crippen LogP contribution is 2.28. The molecule has 3 heteroatoms. The minimum atomic E-state index is -0.369. The third-order valence-electron chi connectivity index (χ3n) is 3.00. The average molecular weight is 288 g/mol. The molecule has 0 saturated heterocycles. The zero-order chi connectivity index (χ0) is 14.7. The summed E-state index contributed by atoms with van der Waals surface area (Å²) in [6.07, 6.45) is 0. The predicted molar refractivity (Wildman–Crippen MR) is 81.9 cm³/mol. The Morgan fingerprint density at radius 3 is 2.35 bits per heavy atom. The number of benzene rings is 2. The number of carbonyl (C=O) groups is 1. The second-order valence-electron chi connectivity index (χ2n) is 4.98. The molecular formula is C17H17FOS. The van der Waals surface area contributed by atoms with E-state index in [0.29, 0.717) is 5.56 Å². The average Bonchev–Trinajstić information content (AvgIpc) is 2.36. The fourth-order valence-corrected chi connectivity index (χ4v) is 3.23. The summed E-state index contributed by atoms with van der Waals surface area (Å²) in [6.45, 7) is 5.61. The molecule has 20 heavy (non-hydrogen) atoms. The third kappa shape index (κ3) is 3.70. The van der Waals surface area contributed by atoms with E-state index in [0.717, 1.165) is 10.6 Å². The minimum absolute atomic E-state index is 0.104. The summed E-state index contributed by atoms with van der Waals surface area (Å²) >= 11 is 1.57. The number of thioether (sulfide) groups is 1. The molecule has 0 unspecified atom stereocenters. The number of aryl methyl sites for hydroxylation is 2. The second-order valence-corrected chi connectivity index (χ2v) is 6.00. The molecule has 0 aliphatic rings. The van der Waals surface area contributed by atoms with Crippen LogP contribution in [0.4, 0.5) is 4.39 Å². The zero-order valence-corrected chi connectivity index (χ0v) is 12.7. The maximum Gasteiger partial charge on any atom is 0.161 e. The lowest BCUT2D eigenvalue weighted by atomic mass is 10.1. The van der Waals surface area contributed by atoms with Crippen molar-refractivity contribution in [3.05, 3.63) is 64.5 Å². The third-order valence-corrected chi connectivity index (χ3v) is 4.14. The van der Waals surface area contributed by atoms with E-state index in [1.807, 2.05) is 0 Å². The highest BCUT2D eigenvalue weighted by molar-refractivity contribution is 7.98. The van der Waals surface area contributed by atoms with Gasteiger partial charge in [-0.15, -0.1) is 11.8 Å². The molecule has 0 N–H and O–H groups in total. The van der Waals surface area contributed by atoms with Gasteiger partial charge in [0.15, 0.2) is 5.78 Å². The molecule has 0 radical (unpaired) electrons. The molecule has 0 aromatic heterocycles. The Hall–Kier alpha value is -1.61. The van der Waals surface area contributed by atoms with Crippen molar-refractivity contribution < 1.29 is 9.18 Å². The monoisotopic (exact) mass is 288 g/mol. The first-order valence-electron chi connectivity index (χ1n) is 6.46. The molecule has 2 rings (SSSR count). The lowest BCUT2D eigenvalue weighted by molar-refractivity contribution is 0.101. The summed E-state index contributed by atoms with van der Waals surface area (Å²) < 4.78 is 13.2. The van der Waals surface area contributed by atoms with Crippen LogP contribution in [-0.2, 0) is 5.75 Å². The van der Waals surface area contributed by atoms with E-state index < -0.39 is 0 Å². The van der Waals surface area contributed by atoms with Crippen LogP contribution in [0.5, 0.6) is 0 Å². The quantitative estimate of drug-likeness (QED) is 0.585. The number of hydrogen-bond donors (Lipinski definition) is 0. The smallest absolute Gasteiger partial charge is 0.161 e. The lowest BCUT2D eigenvalue weighted by Crippen LogP contribution is -1.96. The Kier molecular flexibility index (Phi) is 4.61. The van der Waals surface area contributed by atoms with E-state index in [2.05, 4.69) is 32.0 Å². The Balaban J connectivity index is 2.20. The van der Waals surface area contributed by atoms with Crippen molar-refractivity contribution in [1.82, 2.24) is 0 Å². The van der Waals surface area contributed by atoms with E-state index in [9.17, 15) is 9.18 Å². The summed E-state index contributed by atoms with van der Waals surface area (Å²) in [4.78, 5) is 12.4. The highest BCUT2D eigenvalue weighted by atomic mass is 32.2. The summed E-state index contributed by atoms with van der Waals surface area (Å²) in [6, 6.07) is 10.8. The molecule has 0 bridgehead atoms. The van der Waals surface area contributed by atoms with Crippen molar-refractivity contribution in [2.75, 3.05) is 0 Å². The lowest BCUT2D eigenvalue weighted by Gasteiger charge is -2.08. The molecule has 2 aromatic rings. The summed E-state index contributed by atoms with van der Waals surface area (Å²) in [5, 5.41) is 0. The Labute approximate surface area is 123 Å². The Morgan fingerprint density at radius 1 is 1.10 bits per heavy atom. The Bertz CT molecular complexity index is 629. The van der Waals surface area contributed by atoms with Crippen molar-refractivity contribution in [2.24, 2.45) is 0 Å². The first-order chi connectivity index (χ1) is 9.45. The first kappa shape index (κ1) is 14.8. The van der Waals surface area contributed by atoms with E-state index in [4.69, 9.17) is 0 Å². The molecule has 2 aromatic carbocycles. The van der Waals surface area contributed by atoms with Crippen LogP contribution in [0.25, 0.3) is 0 Å². The zero-order valence-electron chi connectivity index (χ0n) is 11.9. The van der Waals surface area contributed by atoms with Crippen LogP contribution in [0.2, 0.25) is 0 Å². The van der Waals surface area contributed by atoms with Crippen molar-refractivity contribution >= 4 is 17.5 Å². The van der Waals surface area contributed by atoms with Crippen LogP contribution < -0.4 is 0 Å². The van der Waals surface area contributed by atoms with Crippen molar-refractivity contribution in [3.63, 3.8) is 0 Å². The molecule has 0 fully saturated rings. The number of hydrogen-bond acceptors (Lipinski definition) is 2. The topological polar surface area (TPSA) is 17.1 Å². The molecule has 1 nitrogen and oxygen atoms in total. The summed E-state index contributed by atoms with van der Waals surface area (Å²) in [5.74, 6) is 0.299. The number of Topliss-reactive ketones (excluding diaryl/α,β-unsaturated/α-hetero) is 1. The summed E-state index contributed by atoms with van der Waals surface area (Å²) in [5.41, 5.74) is 4.13. The van der Waals surface area contributed by atoms with Gasteiger partial charge < -0.3 is 0 Å². The van der Waals surface area contributed by atoms with Crippen LogP contribution in [0, 0.1) is 19.7 Å². The number of halogens is 1. The van der Waals surface area contributed by atoms with Gasteiger partial charge in [0.25, 0.3) is 0 Å². The fourth-order valence-electron chi connectivity index (χ4n) is 2.22. The normalized spacial score (nSPS) is 10.6. The Morgan fingerprint density at radius 2 is 1.75 bits per heavy atom. The maximum absolute atomic E-state index is 13.2. The largest absolute Gasteiger partial charge is 0.294 e. The van der Waals surface area contributed by atoms with Gasteiger partial charge >= 0.3 is 0 Å². The number of rotatable bonds is 4. The standard InChI is InChI=1S/C17H17FOS/c1-11-6-12(2)8-14(7-11)10-20-17-5-4-15(18)9-16(17)13(3)19/h4-9H,10H2,1-3H3. The SMILES string of the molecule is CC(=O)c1cc(F)ccc1SCc1cc(C)cc(C)c1. The van der Waals surface area contributed by atoms with Gasteiger partial charge in [0.05, 0.1) is 0 Å². The predicted octanol–water partition coefficient (Wildman–Crippen LogP) is 4.94. The molecule has 0 aliphatic carbocycles. The molecule has 0 atom stereocenters. The van der Waals surface area contributed by atoms with Gasteiger partial charge in [0.1, 0.15) is 5.82 Å². The molecule has 0 aliphatic heterocycles. The van der Waals surface area contributed by atoms with Crippen molar-refractivity contribution in [2.45, 2.75) is 31.4 Å². The first-order valence-corrected chi connectivity index (χ1v) is 7.45. The molecule has 104 valence electrons. The van der Waals surface area contributed by atoms with Gasteiger partial charge in [-0.1, -0.05) is 29.3 Å². The van der Waals surface area contributed by atoms with Gasteiger partial charge in [-0.3, -0.25) is 4.79 Å². The van der Waals surface area contributed by atoms with Gasteiger partial charge in [-0.05, 0) is 44.5 Å². The number of ketones is 1. The molecule has 0 amide bonds. The van der Waals surface area contributed by atoms with Gasteiger partial charge in [-0.25, -0.2) is 4.39 Å². The number of carbonyl (C=O) groups excluding carboxylic acids is 1. The van der Waals surface area contributed by atoms with E-state index >= 15 is 0 Å². The van der Waals surface area contributed by atoms with Crippen LogP contribution in [-0.4, -0.2) is 5.78 Å². The molecular weight excluding hydrogens is 271 g/mol. The highest BCUT2D eigenvalue weighted by Gasteiger charge is 2.09. The second kappa shape index (κ2) is 6.23. The van der Waals surface area contributed by atoms with E-state index in [-0.39, 0.29) is 11.6 Å². The van der Waals surface area contributed by atoms with Crippen LogP contribution in [0.15, 0.2) is 41.3 Å². The van der Waals surface area contributed by atoms with Crippen LogP contribution in [0.1, 0.15) is 34.0 Å². The summed E-state index contributed by atoms with van der Waals surface area (Å²) in [7, 11) is 0. The van der Waals surface area contributed by atoms with E-state index in [1.165, 1.54) is 35.7 Å². The van der Waals surface area contributed by atoms with Gasteiger partial charge in [-0.2, -0.15) is 0 Å². The molecule has 0 spiro atoms. The minimum Gasteiger partial charge on any atom is -0.294 e. The molecule has 0 heterocycles. The van der Waals surface area contributed by atoms with Crippen molar-refractivity contribution in [1.29, 1.82) is 0 Å². The fraction of sp³-hybridized carbons (Fsp3) is 0.235. The van der Waals surface area contributed by atoms with Crippen molar-refractivity contribution in [3.8, 4) is 0 Å².